The quantitative estimate of drug-likeness (QED) is 0.471. The summed E-state index contributed by atoms with van der Waals surface area (Å²) in [7, 11) is 0. The number of carbonyl (C=O) groups is 1. The van der Waals surface area contributed by atoms with Gasteiger partial charge in [-0.15, -0.1) is 0 Å². The SMILES string of the molecule is CC1(C)CC(=O)C2=C(C1)Nc1c(N)ccnc1NC2c1ccc(OCc2ccccc2)cc1F. The van der Waals surface area contributed by atoms with E-state index in [0.717, 1.165) is 11.3 Å². The average Bonchev–Trinajstić information content (AvgIpc) is 2.95. The fourth-order valence-electron chi connectivity index (χ4n) is 4.66. The summed E-state index contributed by atoms with van der Waals surface area (Å²) in [4.78, 5) is 17.7. The molecule has 6 nitrogen and oxygen atoms in total. The molecule has 0 radical (unpaired) electrons. The van der Waals surface area contributed by atoms with Crippen LogP contribution < -0.4 is 21.1 Å². The summed E-state index contributed by atoms with van der Waals surface area (Å²) >= 11 is 0. The van der Waals surface area contributed by atoms with E-state index in [1.807, 2.05) is 30.3 Å². The van der Waals surface area contributed by atoms with Crippen molar-refractivity contribution in [3.8, 4) is 5.75 Å². The third-order valence-electron chi connectivity index (χ3n) is 6.28. The molecule has 34 heavy (non-hydrogen) atoms. The number of nitrogens with one attached hydrogen (secondary N) is 2. The van der Waals surface area contributed by atoms with Crippen molar-refractivity contribution in [2.75, 3.05) is 16.4 Å². The van der Waals surface area contributed by atoms with Crippen LogP contribution in [0.1, 0.15) is 43.9 Å². The Morgan fingerprint density at radius 3 is 2.71 bits per heavy atom. The number of anilines is 3. The Balaban J connectivity index is 1.52. The number of hydrogen-bond donors (Lipinski definition) is 3. The summed E-state index contributed by atoms with van der Waals surface area (Å²) in [6.45, 7) is 4.44. The molecular weight excluding hydrogens is 431 g/mol. The maximum atomic E-state index is 15.5. The van der Waals surface area contributed by atoms with Crippen LogP contribution in [0.15, 0.2) is 72.1 Å². The van der Waals surface area contributed by atoms with Gasteiger partial charge in [0.2, 0.25) is 0 Å². The number of hydrogen-bond acceptors (Lipinski definition) is 6. The van der Waals surface area contributed by atoms with E-state index in [9.17, 15) is 4.79 Å². The molecule has 7 heteroatoms. The molecule has 0 amide bonds. The van der Waals surface area contributed by atoms with Gasteiger partial charge in [0.05, 0.1) is 11.7 Å². The van der Waals surface area contributed by atoms with Crippen LogP contribution in [0.5, 0.6) is 5.75 Å². The lowest BCUT2D eigenvalue weighted by molar-refractivity contribution is -0.118. The normalized spacial score (nSPS) is 18.8. The van der Waals surface area contributed by atoms with E-state index in [-0.39, 0.29) is 11.2 Å². The molecule has 1 aliphatic carbocycles. The number of carbonyl (C=O) groups excluding carboxylic acids is 1. The van der Waals surface area contributed by atoms with E-state index in [1.54, 1.807) is 24.4 Å². The molecule has 4 N–H and O–H groups in total. The van der Waals surface area contributed by atoms with Crippen molar-refractivity contribution in [3.05, 3.63) is 89.0 Å². The van der Waals surface area contributed by atoms with Gasteiger partial charge in [-0.2, -0.15) is 0 Å². The number of fused-ring (bicyclic) bond motifs is 1. The van der Waals surface area contributed by atoms with Crippen LogP contribution in [-0.4, -0.2) is 10.8 Å². The molecule has 174 valence electrons. The lowest BCUT2D eigenvalue weighted by Crippen LogP contribution is -2.31. The van der Waals surface area contributed by atoms with Crippen LogP contribution in [0.4, 0.5) is 21.6 Å². The first-order chi connectivity index (χ1) is 16.3. The summed E-state index contributed by atoms with van der Waals surface area (Å²) in [5.74, 6) is 0.421. The van der Waals surface area contributed by atoms with Crippen molar-refractivity contribution < 1.29 is 13.9 Å². The second kappa shape index (κ2) is 8.48. The molecule has 1 aromatic heterocycles. The van der Waals surface area contributed by atoms with Gasteiger partial charge < -0.3 is 21.1 Å². The molecule has 0 spiro atoms. The molecule has 1 unspecified atom stereocenters. The van der Waals surface area contributed by atoms with E-state index < -0.39 is 11.9 Å². The zero-order valence-corrected chi connectivity index (χ0v) is 19.2. The van der Waals surface area contributed by atoms with Crippen molar-refractivity contribution in [1.29, 1.82) is 0 Å². The molecule has 0 fully saturated rings. The Bertz CT molecular complexity index is 1290. The first kappa shape index (κ1) is 21.9. The van der Waals surface area contributed by atoms with Crippen molar-refractivity contribution in [1.82, 2.24) is 4.98 Å². The predicted molar refractivity (Wildman–Crippen MR) is 131 cm³/mol. The van der Waals surface area contributed by atoms with Gasteiger partial charge >= 0.3 is 0 Å². The molecule has 2 heterocycles. The molecule has 2 aromatic carbocycles. The minimum atomic E-state index is -0.704. The van der Waals surface area contributed by atoms with Crippen molar-refractivity contribution in [2.45, 2.75) is 39.3 Å². The topological polar surface area (TPSA) is 89.3 Å². The van der Waals surface area contributed by atoms with Gasteiger partial charge in [0.15, 0.2) is 11.6 Å². The van der Waals surface area contributed by atoms with E-state index in [1.165, 1.54) is 6.07 Å². The minimum absolute atomic E-state index is 0.0218. The number of nitrogens with zero attached hydrogens (tertiary/aromatic N) is 1. The summed E-state index contributed by atoms with van der Waals surface area (Å²) in [5, 5.41) is 6.63. The maximum absolute atomic E-state index is 15.5. The lowest BCUT2D eigenvalue weighted by atomic mass is 9.73. The highest BCUT2D eigenvalue weighted by atomic mass is 19.1. The number of pyridine rings is 1. The fraction of sp³-hybridized carbons (Fsp3) is 0.259. The highest BCUT2D eigenvalue weighted by molar-refractivity contribution is 6.01. The van der Waals surface area contributed by atoms with Crippen molar-refractivity contribution in [3.63, 3.8) is 0 Å². The van der Waals surface area contributed by atoms with Gasteiger partial charge in [-0.1, -0.05) is 44.2 Å². The Kier molecular flexibility index (Phi) is 5.48. The molecule has 1 atom stereocenters. The first-order valence-corrected chi connectivity index (χ1v) is 11.3. The smallest absolute Gasteiger partial charge is 0.163 e. The van der Waals surface area contributed by atoms with E-state index >= 15 is 4.39 Å². The first-order valence-electron chi connectivity index (χ1n) is 11.3. The summed E-state index contributed by atoms with van der Waals surface area (Å²) in [6.07, 6.45) is 2.61. The minimum Gasteiger partial charge on any atom is -0.489 e. The average molecular weight is 459 g/mol. The Morgan fingerprint density at radius 1 is 1.15 bits per heavy atom. The molecule has 2 aliphatic rings. The maximum Gasteiger partial charge on any atom is 0.163 e. The Hall–Kier alpha value is -3.87. The van der Waals surface area contributed by atoms with E-state index in [0.29, 0.717) is 53.5 Å². The second-order valence-corrected chi connectivity index (χ2v) is 9.62. The van der Waals surface area contributed by atoms with Crippen LogP contribution in [0.3, 0.4) is 0 Å². The third kappa shape index (κ3) is 4.21. The van der Waals surface area contributed by atoms with E-state index in [4.69, 9.17) is 10.5 Å². The number of rotatable bonds is 4. The number of allylic oxidation sites excluding steroid dienone is 1. The number of nitrogen functional groups attached to an aromatic ring is 1. The number of nitrogens with two attached hydrogens (primary N) is 1. The number of aromatic nitrogens is 1. The predicted octanol–water partition coefficient (Wildman–Crippen LogP) is 5.60. The van der Waals surface area contributed by atoms with Gasteiger partial charge in [0, 0.05) is 35.5 Å². The van der Waals surface area contributed by atoms with Crippen LogP contribution in [0.2, 0.25) is 0 Å². The summed E-state index contributed by atoms with van der Waals surface area (Å²) < 4.78 is 21.3. The number of ether oxygens (including phenoxy) is 1. The van der Waals surface area contributed by atoms with Gasteiger partial charge in [-0.05, 0) is 35.6 Å². The Morgan fingerprint density at radius 2 is 1.94 bits per heavy atom. The van der Waals surface area contributed by atoms with Crippen LogP contribution >= 0.6 is 0 Å². The standard InChI is InChI=1S/C27H27FN4O2/c1-27(2)13-21-23(22(33)14-27)24(32-26-25(31-21)20(29)10-11-30-26)18-9-8-17(12-19(18)28)34-15-16-6-4-3-5-7-16/h3-12,24,31H,13-15H2,1-2H3,(H3,29,30,32). The van der Waals surface area contributed by atoms with E-state index in [2.05, 4.69) is 29.5 Å². The van der Waals surface area contributed by atoms with Gasteiger partial charge in [-0.3, -0.25) is 4.79 Å². The molecule has 5 rings (SSSR count). The lowest BCUT2D eigenvalue weighted by Gasteiger charge is -2.34. The molecule has 0 bridgehead atoms. The van der Waals surface area contributed by atoms with Crippen LogP contribution in [0.25, 0.3) is 0 Å². The molecule has 0 saturated heterocycles. The third-order valence-corrected chi connectivity index (χ3v) is 6.28. The summed E-state index contributed by atoms with van der Waals surface area (Å²) in [5.41, 5.74) is 9.72. The van der Waals surface area contributed by atoms with Gasteiger partial charge in [0.1, 0.15) is 23.9 Å². The van der Waals surface area contributed by atoms with Crippen LogP contribution in [0, 0.1) is 11.2 Å². The number of halogens is 1. The fourth-order valence-corrected chi connectivity index (χ4v) is 4.66. The van der Waals surface area contributed by atoms with Crippen molar-refractivity contribution >= 4 is 23.0 Å². The number of ketones is 1. The monoisotopic (exact) mass is 458 g/mol. The largest absolute Gasteiger partial charge is 0.489 e. The molecule has 1 aliphatic heterocycles. The van der Waals surface area contributed by atoms with Gasteiger partial charge in [0.25, 0.3) is 0 Å². The molecule has 3 aromatic rings. The molecule has 0 saturated carbocycles. The number of Topliss-reactive ketones (excluding diaryl/α,β-unsaturated/α-hetero) is 1. The second-order valence-electron chi connectivity index (χ2n) is 9.62. The number of benzene rings is 2. The van der Waals surface area contributed by atoms with Gasteiger partial charge in [-0.25, -0.2) is 9.37 Å². The molecular formula is C27H27FN4O2. The zero-order chi connectivity index (χ0) is 23.9. The highest BCUT2D eigenvalue weighted by Crippen LogP contribution is 2.46. The van der Waals surface area contributed by atoms with Crippen molar-refractivity contribution in [2.24, 2.45) is 5.41 Å². The Labute approximate surface area is 198 Å². The zero-order valence-electron chi connectivity index (χ0n) is 19.2. The highest BCUT2D eigenvalue weighted by Gasteiger charge is 2.40. The summed E-state index contributed by atoms with van der Waals surface area (Å²) in [6, 6.07) is 15.5. The van der Waals surface area contributed by atoms with Crippen LogP contribution in [-0.2, 0) is 11.4 Å².